The van der Waals surface area contributed by atoms with Gasteiger partial charge in [0, 0.05) is 32.3 Å². The van der Waals surface area contributed by atoms with Crippen molar-refractivity contribution in [2.75, 3.05) is 13.2 Å². The number of carboxylic acids is 1. The number of thiophene rings is 1. The normalized spacial score (nSPS) is 10.9. The number of nitro groups is 1. The highest BCUT2D eigenvalue weighted by atomic mass is 79.9. The molecule has 10 nitrogen and oxygen atoms in total. The van der Waals surface area contributed by atoms with Gasteiger partial charge in [-0.2, -0.15) is 5.10 Å². The van der Waals surface area contributed by atoms with Crippen molar-refractivity contribution in [2.24, 2.45) is 5.10 Å². The van der Waals surface area contributed by atoms with Crippen LogP contribution in [0.3, 0.4) is 0 Å². The fraction of sp³-hybridized carbons (Fsp3) is 0.150. The second-order valence-electron chi connectivity index (χ2n) is 6.22. The van der Waals surface area contributed by atoms with Crippen LogP contribution in [-0.2, 0) is 4.79 Å². The first-order valence-electron chi connectivity index (χ1n) is 9.10. The molecule has 12 heteroatoms. The summed E-state index contributed by atoms with van der Waals surface area (Å²) in [6.07, 6.45) is 1.39. The van der Waals surface area contributed by atoms with E-state index in [2.05, 4.69) is 26.5 Å². The van der Waals surface area contributed by atoms with Crippen molar-refractivity contribution in [2.45, 2.75) is 6.92 Å². The van der Waals surface area contributed by atoms with Crippen LogP contribution < -0.4 is 14.9 Å². The van der Waals surface area contributed by atoms with Crippen LogP contribution in [0.1, 0.15) is 22.2 Å². The first kappa shape index (κ1) is 23.2. The lowest BCUT2D eigenvalue weighted by Crippen LogP contribution is -2.16. The van der Waals surface area contributed by atoms with Crippen LogP contribution in [0, 0.1) is 10.1 Å². The van der Waals surface area contributed by atoms with Gasteiger partial charge in [-0.3, -0.25) is 14.9 Å². The Labute approximate surface area is 193 Å². The molecule has 0 bridgehead atoms. The summed E-state index contributed by atoms with van der Waals surface area (Å²) < 4.78 is 12.0. The summed E-state index contributed by atoms with van der Waals surface area (Å²) in [7, 11) is 0. The van der Waals surface area contributed by atoms with Crippen LogP contribution >= 0.6 is 27.3 Å². The van der Waals surface area contributed by atoms with Gasteiger partial charge in [0.15, 0.2) is 18.1 Å². The van der Waals surface area contributed by atoms with E-state index in [9.17, 15) is 19.7 Å². The number of hydrogen-bond acceptors (Lipinski definition) is 8. The SMILES string of the molecule is CCOc1cc(/C=N\NC(=O)c2cc3cc([N+](=O)[O-])ccc3s2)c(Br)cc1OCC(=O)O. The van der Waals surface area contributed by atoms with Gasteiger partial charge >= 0.3 is 5.97 Å². The smallest absolute Gasteiger partial charge is 0.341 e. The lowest BCUT2D eigenvalue weighted by molar-refractivity contribution is -0.384. The molecular weight excluding hydrogens is 506 g/mol. The van der Waals surface area contributed by atoms with E-state index in [4.69, 9.17) is 14.6 Å². The highest BCUT2D eigenvalue weighted by Crippen LogP contribution is 2.33. The molecular formula is C20H16BrN3O7S. The third kappa shape index (κ3) is 5.59. The molecule has 1 amide bonds. The molecule has 2 aromatic carbocycles. The van der Waals surface area contributed by atoms with Gasteiger partial charge in [-0.1, -0.05) is 0 Å². The summed E-state index contributed by atoms with van der Waals surface area (Å²) in [5.41, 5.74) is 2.92. The summed E-state index contributed by atoms with van der Waals surface area (Å²) >= 11 is 4.55. The van der Waals surface area contributed by atoms with Gasteiger partial charge < -0.3 is 14.6 Å². The number of nitrogens with one attached hydrogen (secondary N) is 1. The van der Waals surface area contributed by atoms with Crippen LogP contribution in [0.4, 0.5) is 5.69 Å². The Morgan fingerprint density at radius 3 is 2.69 bits per heavy atom. The Balaban J connectivity index is 1.75. The number of carbonyl (C=O) groups excluding carboxylic acids is 1. The molecule has 0 saturated carbocycles. The Bertz CT molecular complexity index is 1230. The van der Waals surface area contributed by atoms with E-state index in [1.807, 2.05) is 0 Å². The number of hydrogen-bond donors (Lipinski definition) is 2. The average molecular weight is 522 g/mol. The fourth-order valence-corrected chi connectivity index (χ4v) is 4.00. The number of nitro benzene ring substituents is 1. The molecule has 0 aliphatic heterocycles. The minimum Gasteiger partial charge on any atom is -0.490 e. The molecule has 0 atom stereocenters. The number of ether oxygens (including phenoxy) is 2. The maximum Gasteiger partial charge on any atom is 0.341 e. The molecule has 32 heavy (non-hydrogen) atoms. The predicted molar refractivity (Wildman–Crippen MR) is 122 cm³/mol. The lowest BCUT2D eigenvalue weighted by atomic mass is 10.2. The van der Waals surface area contributed by atoms with E-state index < -0.39 is 23.4 Å². The van der Waals surface area contributed by atoms with Gasteiger partial charge in [0.1, 0.15) is 0 Å². The van der Waals surface area contributed by atoms with Gasteiger partial charge in [0.25, 0.3) is 11.6 Å². The van der Waals surface area contributed by atoms with Gasteiger partial charge in [-0.25, -0.2) is 10.2 Å². The summed E-state index contributed by atoms with van der Waals surface area (Å²) in [6.45, 7) is 1.59. The standard InChI is InChI=1S/C20H16BrN3O7S/c1-2-30-15-6-12(14(21)8-16(15)31-10-19(25)26)9-22-23-20(27)18-7-11-5-13(24(28)29)3-4-17(11)32-18/h3-9H,2,10H2,1H3,(H,23,27)(H,25,26)/b22-9-. The number of aliphatic carboxylic acids is 1. The molecule has 0 radical (unpaired) electrons. The zero-order chi connectivity index (χ0) is 23.3. The Morgan fingerprint density at radius 1 is 1.25 bits per heavy atom. The zero-order valence-corrected chi connectivity index (χ0v) is 18.9. The van der Waals surface area contributed by atoms with E-state index in [-0.39, 0.29) is 11.4 Å². The molecule has 0 saturated heterocycles. The number of non-ortho nitro benzene ring substituents is 1. The maximum absolute atomic E-state index is 12.4. The molecule has 0 spiro atoms. The molecule has 1 aromatic heterocycles. The fourth-order valence-electron chi connectivity index (χ4n) is 2.64. The molecule has 0 unspecified atom stereocenters. The van der Waals surface area contributed by atoms with Crippen LogP contribution in [0.25, 0.3) is 10.1 Å². The average Bonchev–Trinajstić information content (AvgIpc) is 3.18. The second-order valence-corrected chi connectivity index (χ2v) is 8.16. The molecule has 166 valence electrons. The van der Waals surface area contributed by atoms with Gasteiger partial charge in [0.05, 0.1) is 22.6 Å². The van der Waals surface area contributed by atoms with Crippen LogP contribution in [0.15, 0.2) is 46.0 Å². The summed E-state index contributed by atoms with van der Waals surface area (Å²) in [4.78, 5) is 33.9. The molecule has 2 N–H and O–H groups in total. The number of nitrogens with zero attached hydrogens (tertiary/aromatic N) is 2. The van der Waals surface area contributed by atoms with Crippen molar-refractivity contribution in [3.63, 3.8) is 0 Å². The largest absolute Gasteiger partial charge is 0.490 e. The monoisotopic (exact) mass is 521 g/mol. The van der Waals surface area contributed by atoms with Crippen molar-refractivity contribution in [1.29, 1.82) is 0 Å². The van der Waals surface area contributed by atoms with Crippen molar-refractivity contribution < 1.29 is 29.1 Å². The van der Waals surface area contributed by atoms with Crippen molar-refractivity contribution in [1.82, 2.24) is 5.43 Å². The van der Waals surface area contributed by atoms with Crippen molar-refractivity contribution in [3.8, 4) is 11.5 Å². The first-order chi connectivity index (χ1) is 15.3. The number of fused-ring (bicyclic) bond motifs is 1. The van der Waals surface area contributed by atoms with E-state index in [1.54, 1.807) is 31.2 Å². The molecule has 0 aliphatic rings. The van der Waals surface area contributed by atoms with E-state index in [1.165, 1.54) is 29.7 Å². The van der Waals surface area contributed by atoms with Gasteiger partial charge in [0.2, 0.25) is 0 Å². The van der Waals surface area contributed by atoms with Gasteiger partial charge in [-0.05, 0) is 47.1 Å². The second kappa shape index (κ2) is 10.2. The highest BCUT2D eigenvalue weighted by Gasteiger charge is 2.14. The predicted octanol–water partition coefficient (Wildman–Crippen LogP) is 4.20. The molecule has 1 heterocycles. The van der Waals surface area contributed by atoms with Crippen molar-refractivity contribution in [3.05, 3.63) is 61.4 Å². The first-order valence-corrected chi connectivity index (χ1v) is 10.7. The third-order valence-electron chi connectivity index (χ3n) is 4.02. The number of amides is 1. The lowest BCUT2D eigenvalue weighted by Gasteiger charge is -2.12. The van der Waals surface area contributed by atoms with Gasteiger partial charge in [-0.15, -0.1) is 11.3 Å². The van der Waals surface area contributed by atoms with Crippen LogP contribution in [-0.4, -0.2) is 41.3 Å². The zero-order valence-electron chi connectivity index (χ0n) is 16.5. The number of benzene rings is 2. The van der Waals surface area contributed by atoms with E-state index in [0.29, 0.717) is 32.7 Å². The van der Waals surface area contributed by atoms with Crippen molar-refractivity contribution >= 4 is 61.1 Å². The maximum atomic E-state index is 12.4. The van der Waals surface area contributed by atoms with Crippen LogP contribution in [0.2, 0.25) is 0 Å². The Hall–Kier alpha value is -3.51. The topological polar surface area (TPSA) is 140 Å². The summed E-state index contributed by atoms with van der Waals surface area (Å²) in [6, 6.07) is 9.10. The Kier molecular flexibility index (Phi) is 7.38. The third-order valence-corrected chi connectivity index (χ3v) is 5.82. The van der Waals surface area contributed by atoms with E-state index >= 15 is 0 Å². The number of rotatable bonds is 9. The highest BCUT2D eigenvalue weighted by molar-refractivity contribution is 9.10. The Morgan fingerprint density at radius 2 is 2.00 bits per heavy atom. The molecule has 3 aromatic rings. The summed E-state index contributed by atoms with van der Waals surface area (Å²) in [5.74, 6) is -1.00. The number of hydrazone groups is 1. The number of carbonyl (C=O) groups is 2. The summed E-state index contributed by atoms with van der Waals surface area (Å²) in [5, 5.41) is 24.3. The molecule has 0 aliphatic carbocycles. The molecule has 0 fully saturated rings. The molecule has 3 rings (SSSR count). The minimum absolute atomic E-state index is 0.0500. The minimum atomic E-state index is -1.12. The quantitative estimate of drug-likeness (QED) is 0.244. The van der Waals surface area contributed by atoms with Crippen LogP contribution in [0.5, 0.6) is 11.5 Å². The number of carboxylic acid groups (broad SMARTS) is 1. The number of halogens is 1. The van der Waals surface area contributed by atoms with E-state index in [0.717, 1.165) is 4.70 Å².